The minimum absolute atomic E-state index is 0.254. The summed E-state index contributed by atoms with van der Waals surface area (Å²) in [5.74, 6) is -0.277. The summed E-state index contributed by atoms with van der Waals surface area (Å²) in [7, 11) is 2.56. The van der Waals surface area contributed by atoms with Gasteiger partial charge in [-0.1, -0.05) is 13.8 Å². The lowest BCUT2D eigenvalue weighted by Gasteiger charge is -2.11. The molecule has 0 heterocycles. The van der Waals surface area contributed by atoms with Crippen LogP contribution in [0.2, 0.25) is 0 Å². The highest BCUT2D eigenvalue weighted by Crippen LogP contribution is 2.19. The van der Waals surface area contributed by atoms with E-state index >= 15 is 0 Å². The number of esters is 2. The van der Waals surface area contributed by atoms with E-state index in [1.165, 1.54) is 20.3 Å². The Morgan fingerprint density at radius 2 is 1.47 bits per heavy atom. The van der Waals surface area contributed by atoms with Crippen LogP contribution in [0.25, 0.3) is 0 Å². The monoisotopic (exact) mass is 266 g/mol. The van der Waals surface area contributed by atoms with Gasteiger partial charge in [0, 0.05) is 0 Å². The van der Waals surface area contributed by atoms with Crippen molar-refractivity contribution in [1.82, 2.24) is 0 Å². The molecule has 0 fully saturated rings. The van der Waals surface area contributed by atoms with Crippen LogP contribution in [0.1, 0.15) is 34.6 Å². The zero-order valence-corrected chi connectivity index (χ0v) is 11.6. The van der Waals surface area contributed by atoms with Gasteiger partial charge in [-0.15, -0.1) is 0 Å². The van der Waals surface area contributed by atoms with E-state index in [4.69, 9.17) is 4.74 Å². The molecule has 0 amide bonds. The fraction of sp³-hybridized carbons (Fsp3) is 0.429. The summed E-state index contributed by atoms with van der Waals surface area (Å²) in [6.45, 7) is 4.50. The highest BCUT2D eigenvalue weighted by Gasteiger charge is 2.14. The Hall–Kier alpha value is -2.04. The number of methoxy groups -OCH3 is 2. The van der Waals surface area contributed by atoms with Gasteiger partial charge in [0.25, 0.3) is 0 Å². The summed E-state index contributed by atoms with van der Waals surface area (Å²) < 4.78 is 14.8. The highest BCUT2D eigenvalue weighted by molar-refractivity contribution is 5.96. The van der Waals surface area contributed by atoms with Crippen molar-refractivity contribution in [2.45, 2.75) is 13.8 Å². The standard InChI is InChI=1S/C14H18O5/c1-9(2)8-19-12-6-10(13(15)17-3)5-11(7-12)14(16)18-4/h5-7,9H,8H2,1-4H3. The van der Waals surface area contributed by atoms with Crippen LogP contribution in [0.3, 0.4) is 0 Å². The molecule has 0 saturated heterocycles. The Morgan fingerprint density at radius 3 is 1.84 bits per heavy atom. The molecule has 104 valence electrons. The zero-order valence-electron chi connectivity index (χ0n) is 11.6. The molecule has 0 spiro atoms. The second kappa shape index (κ2) is 6.78. The second-order valence-electron chi connectivity index (χ2n) is 4.43. The molecule has 0 saturated carbocycles. The molecule has 19 heavy (non-hydrogen) atoms. The van der Waals surface area contributed by atoms with Crippen LogP contribution in [-0.2, 0) is 9.47 Å². The van der Waals surface area contributed by atoms with Gasteiger partial charge >= 0.3 is 11.9 Å². The maximum absolute atomic E-state index is 11.5. The van der Waals surface area contributed by atoms with Gasteiger partial charge in [0.2, 0.25) is 0 Å². The van der Waals surface area contributed by atoms with Crippen LogP contribution in [0.5, 0.6) is 5.75 Å². The van der Waals surface area contributed by atoms with Crippen molar-refractivity contribution in [1.29, 1.82) is 0 Å². The van der Waals surface area contributed by atoms with Crippen molar-refractivity contribution < 1.29 is 23.8 Å². The third-order valence-corrected chi connectivity index (χ3v) is 2.33. The maximum Gasteiger partial charge on any atom is 0.338 e. The number of benzene rings is 1. The summed E-state index contributed by atoms with van der Waals surface area (Å²) >= 11 is 0. The minimum atomic E-state index is -0.528. The minimum Gasteiger partial charge on any atom is -0.493 e. The van der Waals surface area contributed by atoms with Crippen molar-refractivity contribution in [3.05, 3.63) is 29.3 Å². The van der Waals surface area contributed by atoms with E-state index in [1.807, 2.05) is 13.8 Å². The van der Waals surface area contributed by atoms with Gasteiger partial charge in [-0.3, -0.25) is 0 Å². The third kappa shape index (κ3) is 4.28. The van der Waals surface area contributed by atoms with E-state index in [1.54, 1.807) is 12.1 Å². The van der Waals surface area contributed by atoms with Gasteiger partial charge in [-0.05, 0) is 24.1 Å². The number of carbonyl (C=O) groups excluding carboxylic acids is 2. The quantitative estimate of drug-likeness (QED) is 0.765. The van der Waals surface area contributed by atoms with Gasteiger partial charge in [0.15, 0.2) is 0 Å². The Kier molecular flexibility index (Phi) is 5.36. The molecule has 0 bridgehead atoms. The highest BCUT2D eigenvalue weighted by atomic mass is 16.5. The van der Waals surface area contributed by atoms with Crippen molar-refractivity contribution >= 4 is 11.9 Å². The summed E-state index contributed by atoms with van der Waals surface area (Å²) in [5, 5.41) is 0. The van der Waals surface area contributed by atoms with Gasteiger partial charge in [0.1, 0.15) is 5.75 Å². The van der Waals surface area contributed by atoms with Gasteiger partial charge in [-0.2, -0.15) is 0 Å². The van der Waals surface area contributed by atoms with Crippen LogP contribution in [0.4, 0.5) is 0 Å². The van der Waals surface area contributed by atoms with Gasteiger partial charge in [0.05, 0.1) is 32.0 Å². The first-order valence-corrected chi connectivity index (χ1v) is 5.92. The molecule has 0 atom stereocenters. The molecule has 0 radical (unpaired) electrons. The molecule has 0 aliphatic rings. The smallest absolute Gasteiger partial charge is 0.338 e. The topological polar surface area (TPSA) is 61.8 Å². The first-order valence-electron chi connectivity index (χ1n) is 5.92. The molecular weight excluding hydrogens is 248 g/mol. The Bertz CT molecular complexity index is 431. The number of hydrogen-bond acceptors (Lipinski definition) is 5. The summed E-state index contributed by atoms with van der Waals surface area (Å²) in [5.41, 5.74) is 0.508. The average molecular weight is 266 g/mol. The lowest BCUT2D eigenvalue weighted by molar-refractivity contribution is 0.0598. The largest absolute Gasteiger partial charge is 0.493 e. The second-order valence-corrected chi connectivity index (χ2v) is 4.43. The Morgan fingerprint density at radius 1 is 1.00 bits per heavy atom. The molecule has 1 rings (SSSR count). The van der Waals surface area contributed by atoms with E-state index in [9.17, 15) is 9.59 Å². The van der Waals surface area contributed by atoms with Crippen LogP contribution in [-0.4, -0.2) is 32.8 Å². The normalized spacial score (nSPS) is 10.2. The van der Waals surface area contributed by atoms with E-state index in [2.05, 4.69) is 9.47 Å². The number of hydrogen-bond donors (Lipinski definition) is 0. The van der Waals surface area contributed by atoms with Crippen molar-refractivity contribution in [2.75, 3.05) is 20.8 Å². The van der Waals surface area contributed by atoms with Crippen LogP contribution >= 0.6 is 0 Å². The third-order valence-electron chi connectivity index (χ3n) is 2.33. The summed E-state index contributed by atoms with van der Waals surface area (Å²) in [6.07, 6.45) is 0. The fourth-order valence-electron chi connectivity index (χ4n) is 1.42. The van der Waals surface area contributed by atoms with Crippen molar-refractivity contribution in [3.63, 3.8) is 0 Å². The SMILES string of the molecule is COC(=O)c1cc(OCC(C)C)cc(C(=O)OC)c1. The van der Waals surface area contributed by atoms with E-state index in [-0.39, 0.29) is 11.1 Å². The molecule has 0 N–H and O–H groups in total. The predicted octanol–water partition coefficient (Wildman–Crippen LogP) is 2.29. The van der Waals surface area contributed by atoms with E-state index in [0.717, 1.165) is 0 Å². The molecule has 5 nitrogen and oxygen atoms in total. The van der Waals surface area contributed by atoms with Crippen molar-refractivity contribution in [3.8, 4) is 5.75 Å². The van der Waals surface area contributed by atoms with Crippen molar-refractivity contribution in [2.24, 2.45) is 5.92 Å². The Balaban J connectivity index is 3.08. The molecule has 0 unspecified atom stereocenters. The molecule has 0 aromatic heterocycles. The first-order chi connectivity index (χ1) is 8.97. The number of rotatable bonds is 5. The fourth-order valence-corrected chi connectivity index (χ4v) is 1.42. The average Bonchev–Trinajstić information content (AvgIpc) is 2.42. The van der Waals surface area contributed by atoms with Crippen LogP contribution < -0.4 is 4.74 Å². The lowest BCUT2D eigenvalue weighted by Crippen LogP contribution is -2.09. The summed E-state index contributed by atoms with van der Waals surface area (Å²) in [6, 6.07) is 4.50. The number of ether oxygens (including phenoxy) is 3. The Labute approximate surface area is 112 Å². The van der Waals surface area contributed by atoms with Crippen LogP contribution in [0.15, 0.2) is 18.2 Å². The molecule has 0 aliphatic carbocycles. The molecule has 1 aromatic carbocycles. The number of carbonyl (C=O) groups is 2. The summed E-state index contributed by atoms with van der Waals surface area (Å²) in [4.78, 5) is 23.1. The molecule has 0 aliphatic heterocycles. The first kappa shape index (κ1) is 15.0. The van der Waals surface area contributed by atoms with E-state index in [0.29, 0.717) is 18.3 Å². The molecule has 1 aromatic rings. The van der Waals surface area contributed by atoms with E-state index < -0.39 is 11.9 Å². The maximum atomic E-state index is 11.5. The molecular formula is C14H18O5. The predicted molar refractivity (Wildman–Crippen MR) is 69.5 cm³/mol. The van der Waals surface area contributed by atoms with Gasteiger partial charge < -0.3 is 14.2 Å². The lowest BCUT2D eigenvalue weighted by atomic mass is 10.1. The zero-order chi connectivity index (χ0) is 14.4. The van der Waals surface area contributed by atoms with Crippen LogP contribution in [0, 0.1) is 5.92 Å². The molecule has 5 heteroatoms. The van der Waals surface area contributed by atoms with Gasteiger partial charge in [-0.25, -0.2) is 9.59 Å².